The van der Waals surface area contributed by atoms with Crippen LogP contribution in [0.4, 0.5) is 5.69 Å². The van der Waals surface area contributed by atoms with Crippen LogP contribution >= 0.6 is 0 Å². The molecule has 29 heavy (non-hydrogen) atoms. The first-order chi connectivity index (χ1) is 13.9. The number of hydrogen-bond acceptors (Lipinski definition) is 4. The molecule has 1 amide bonds. The molecule has 3 rings (SSSR count). The third-order valence-electron chi connectivity index (χ3n) is 5.11. The summed E-state index contributed by atoms with van der Waals surface area (Å²) in [6.07, 6.45) is 3.71. The van der Waals surface area contributed by atoms with Crippen LogP contribution in [0.15, 0.2) is 47.4 Å². The molecule has 0 atom stereocenters. The predicted molar refractivity (Wildman–Crippen MR) is 114 cm³/mol. The first-order valence-corrected chi connectivity index (χ1v) is 11.5. The van der Waals surface area contributed by atoms with Gasteiger partial charge in [-0.05, 0) is 61.6 Å². The summed E-state index contributed by atoms with van der Waals surface area (Å²) in [4.78, 5) is 12.6. The summed E-state index contributed by atoms with van der Waals surface area (Å²) in [5.41, 5.74) is 2.41. The van der Waals surface area contributed by atoms with Gasteiger partial charge in [0.15, 0.2) is 6.61 Å². The van der Waals surface area contributed by atoms with E-state index in [4.69, 9.17) is 4.74 Å². The number of nitrogens with one attached hydrogen (secondary N) is 1. The number of anilines is 1. The minimum atomic E-state index is -3.55. The number of amides is 1. The summed E-state index contributed by atoms with van der Waals surface area (Å²) in [6, 6.07) is 12.5. The van der Waals surface area contributed by atoms with Crippen molar-refractivity contribution in [2.45, 2.75) is 44.4 Å². The van der Waals surface area contributed by atoms with Gasteiger partial charge in [0, 0.05) is 18.8 Å². The van der Waals surface area contributed by atoms with Gasteiger partial charge in [-0.1, -0.05) is 31.5 Å². The molecule has 1 heterocycles. The fraction of sp³-hybridized carbons (Fsp3) is 0.409. The van der Waals surface area contributed by atoms with Crippen LogP contribution < -0.4 is 10.1 Å². The van der Waals surface area contributed by atoms with Crippen LogP contribution in [0.25, 0.3) is 0 Å². The van der Waals surface area contributed by atoms with Gasteiger partial charge in [-0.2, -0.15) is 4.31 Å². The monoisotopic (exact) mass is 416 g/mol. The summed E-state index contributed by atoms with van der Waals surface area (Å²) < 4.78 is 32.9. The fourth-order valence-electron chi connectivity index (χ4n) is 3.34. The maximum atomic E-state index is 12.9. The predicted octanol–water partition coefficient (Wildman–Crippen LogP) is 3.75. The second-order valence-corrected chi connectivity index (χ2v) is 9.22. The van der Waals surface area contributed by atoms with Gasteiger partial charge < -0.3 is 10.1 Å². The first-order valence-electron chi connectivity index (χ1n) is 10.0. The van der Waals surface area contributed by atoms with Crippen LogP contribution in [0.5, 0.6) is 5.75 Å². The largest absolute Gasteiger partial charge is 0.484 e. The number of hydrogen-bond donors (Lipinski definition) is 1. The van der Waals surface area contributed by atoms with Gasteiger partial charge in [0.2, 0.25) is 10.0 Å². The molecule has 0 saturated carbocycles. The van der Waals surface area contributed by atoms with E-state index in [2.05, 4.69) is 12.2 Å². The summed E-state index contributed by atoms with van der Waals surface area (Å²) in [6.45, 7) is 4.83. The number of carbonyl (C=O) groups is 1. The quantitative estimate of drug-likeness (QED) is 0.746. The second-order valence-electron chi connectivity index (χ2n) is 7.28. The Bertz CT molecular complexity index is 967. The highest BCUT2D eigenvalue weighted by molar-refractivity contribution is 7.89. The first kappa shape index (κ1) is 21.3. The third-order valence-corrected chi connectivity index (χ3v) is 7.01. The number of aryl methyl sites for hydroxylation is 2. The SMILES string of the molecule is CCc1cccc(OCC(=O)Nc2cc(S(=O)(=O)N3CCCCC3)ccc2C)c1. The molecule has 0 aromatic heterocycles. The van der Waals surface area contributed by atoms with Crippen LogP contribution in [-0.2, 0) is 21.2 Å². The number of carbonyl (C=O) groups excluding carboxylic acids is 1. The van der Waals surface area contributed by atoms with Gasteiger partial charge >= 0.3 is 0 Å². The molecule has 0 unspecified atom stereocenters. The molecule has 1 aliphatic rings. The van der Waals surface area contributed by atoms with Crippen molar-refractivity contribution in [1.82, 2.24) is 4.31 Å². The topological polar surface area (TPSA) is 75.7 Å². The molecular formula is C22H28N2O4S. The lowest BCUT2D eigenvalue weighted by Crippen LogP contribution is -2.35. The van der Waals surface area contributed by atoms with Crippen molar-refractivity contribution in [3.8, 4) is 5.75 Å². The highest BCUT2D eigenvalue weighted by Gasteiger charge is 2.26. The zero-order valence-electron chi connectivity index (χ0n) is 17.0. The van der Waals surface area contributed by atoms with Gasteiger partial charge in [0.1, 0.15) is 5.75 Å². The van der Waals surface area contributed by atoms with Crippen LogP contribution in [0, 0.1) is 6.92 Å². The Labute approximate surface area is 172 Å². The smallest absolute Gasteiger partial charge is 0.262 e. The third kappa shape index (κ3) is 5.36. The van der Waals surface area contributed by atoms with Crippen molar-refractivity contribution < 1.29 is 17.9 Å². The number of rotatable bonds is 7. The van der Waals surface area contributed by atoms with Gasteiger partial charge in [-0.25, -0.2) is 8.42 Å². The molecule has 2 aromatic carbocycles. The zero-order chi connectivity index (χ0) is 20.9. The molecule has 0 radical (unpaired) electrons. The van der Waals surface area contributed by atoms with E-state index in [0.717, 1.165) is 36.8 Å². The van der Waals surface area contributed by atoms with E-state index in [1.54, 1.807) is 12.1 Å². The summed E-state index contributed by atoms with van der Waals surface area (Å²) in [7, 11) is -3.55. The normalized spacial score (nSPS) is 15.1. The van der Waals surface area contributed by atoms with Crippen LogP contribution in [0.3, 0.4) is 0 Å². The number of sulfonamides is 1. The Balaban J connectivity index is 1.68. The minimum absolute atomic E-state index is 0.143. The lowest BCUT2D eigenvalue weighted by atomic mass is 10.2. The number of benzene rings is 2. The fourth-order valence-corrected chi connectivity index (χ4v) is 4.88. The van der Waals surface area contributed by atoms with E-state index in [-0.39, 0.29) is 17.4 Å². The van der Waals surface area contributed by atoms with Crippen molar-refractivity contribution in [3.05, 3.63) is 53.6 Å². The zero-order valence-corrected chi connectivity index (χ0v) is 17.8. The maximum absolute atomic E-state index is 12.9. The number of nitrogens with zero attached hydrogens (tertiary/aromatic N) is 1. The van der Waals surface area contributed by atoms with Crippen LogP contribution in [-0.4, -0.2) is 38.3 Å². The van der Waals surface area contributed by atoms with Crippen LogP contribution in [0.2, 0.25) is 0 Å². The van der Waals surface area contributed by atoms with E-state index in [1.807, 2.05) is 31.2 Å². The van der Waals surface area contributed by atoms with E-state index in [9.17, 15) is 13.2 Å². The van der Waals surface area contributed by atoms with Crippen molar-refractivity contribution in [2.75, 3.05) is 25.0 Å². The summed E-state index contributed by atoms with van der Waals surface area (Å²) in [5.74, 6) is 0.306. The highest BCUT2D eigenvalue weighted by atomic mass is 32.2. The van der Waals surface area contributed by atoms with Crippen molar-refractivity contribution in [1.29, 1.82) is 0 Å². The Hall–Kier alpha value is -2.38. The number of piperidine rings is 1. The molecule has 0 bridgehead atoms. The Kier molecular flexibility index (Phi) is 6.92. The van der Waals surface area contributed by atoms with E-state index in [0.29, 0.717) is 24.5 Å². The van der Waals surface area contributed by atoms with Crippen molar-refractivity contribution >= 4 is 21.6 Å². The van der Waals surface area contributed by atoms with Crippen molar-refractivity contribution in [3.63, 3.8) is 0 Å². The summed E-state index contributed by atoms with van der Waals surface area (Å²) in [5, 5.41) is 2.78. The second kappa shape index (κ2) is 9.41. The highest BCUT2D eigenvalue weighted by Crippen LogP contribution is 2.25. The molecule has 2 aromatic rings. The van der Waals surface area contributed by atoms with E-state index < -0.39 is 10.0 Å². The van der Waals surface area contributed by atoms with Crippen LogP contribution in [0.1, 0.15) is 37.3 Å². The molecule has 1 aliphatic heterocycles. The average molecular weight is 417 g/mol. The molecule has 7 heteroatoms. The molecule has 6 nitrogen and oxygen atoms in total. The van der Waals surface area contributed by atoms with Gasteiger partial charge in [0.25, 0.3) is 5.91 Å². The lowest BCUT2D eigenvalue weighted by molar-refractivity contribution is -0.118. The molecular weight excluding hydrogens is 388 g/mol. The average Bonchev–Trinajstić information content (AvgIpc) is 2.74. The standard InChI is InChI=1S/C22H28N2O4S/c1-3-18-8-7-9-19(14-18)28-16-22(25)23-21-15-20(11-10-17(21)2)29(26,27)24-12-5-4-6-13-24/h7-11,14-15H,3-6,12-13,16H2,1-2H3,(H,23,25). The Morgan fingerprint density at radius 3 is 2.59 bits per heavy atom. The minimum Gasteiger partial charge on any atom is -0.484 e. The van der Waals surface area contributed by atoms with Gasteiger partial charge in [0.05, 0.1) is 4.90 Å². The molecule has 0 aliphatic carbocycles. The molecule has 156 valence electrons. The Morgan fingerprint density at radius 1 is 1.10 bits per heavy atom. The molecule has 1 N–H and O–H groups in total. The Morgan fingerprint density at radius 2 is 1.86 bits per heavy atom. The maximum Gasteiger partial charge on any atom is 0.262 e. The van der Waals surface area contributed by atoms with Crippen molar-refractivity contribution in [2.24, 2.45) is 0 Å². The van der Waals surface area contributed by atoms with Gasteiger partial charge in [-0.3, -0.25) is 4.79 Å². The van der Waals surface area contributed by atoms with E-state index >= 15 is 0 Å². The molecule has 0 spiro atoms. The molecule has 1 saturated heterocycles. The molecule has 1 fully saturated rings. The van der Waals surface area contributed by atoms with E-state index in [1.165, 1.54) is 10.4 Å². The summed E-state index contributed by atoms with van der Waals surface area (Å²) >= 11 is 0. The number of ether oxygens (including phenoxy) is 1. The van der Waals surface area contributed by atoms with Gasteiger partial charge in [-0.15, -0.1) is 0 Å². The lowest BCUT2D eigenvalue weighted by Gasteiger charge is -2.26.